The van der Waals surface area contributed by atoms with Crippen molar-refractivity contribution in [3.8, 4) is 0 Å². The number of halogens is 1. The molecule has 0 bridgehead atoms. The second-order valence-corrected chi connectivity index (χ2v) is 5.77. The van der Waals surface area contributed by atoms with Crippen molar-refractivity contribution in [1.29, 1.82) is 0 Å². The molecule has 0 aliphatic heterocycles. The summed E-state index contributed by atoms with van der Waals surface area (Å²) >= 11 is 0. The third kappa shape index (κ3) is 2.38. The summed E-state index contributed by atoms with van der Waals surface area (Å²) in [5.74, 6) is -2.27. The molecule has 1 saturated carbocycles. The number of nitrogens with one attached hydrogen (secondary N) is 1. The Bertz CT molecular complexity index is 566. The Balaban J connectivity index is 2.41. The van der Waals surface area contributed by atoms with Gasteiger partial charge in [-0.2, -0.15) is 0 Å². The third-order valence-electron chi connectivity index (χ3n) is 2.45. The van der Waals surface area contributed by atoms with Gasteiger partial charge in [0.25, 0.3) is 0 Å². The molecule has 0 amide bonds. The minimum Gasteiger partial charge on any atom is -0.478 e. The molecule has 0 atom stereocenters. The number of sulfonamides is 1. The van der Waals surface area contributed by atoms with E-state index in [-0.39, 0.29) is 0 Å². The lowest BCUT2D eigenvalue weighted by atomic mass is 10.2. The topological polar surface area (TPSA) is 83.5 Å². The van der Waals surface area contributed by atoms with Gasteiger partial charge < -0.3 is 5.11 Å². The van der Waals surface area contributed by atoms with Gasteiger partial charge in [-0.3, -0.25) is 4.72 Å². The standard InChI is InChI=1S/C10H10FNO4S/c11-8-3-1-2-7(10(13)14)9(8)12-17(15,16)6-4-5-6/h1-3,6,12H,4-5H2,(H,13,14). The van der Waals surface area contributed by atoms with Crippen LogP contribution in [0.4, 0.5) is 10.1 Å². The number of carboxylic acids is 1. The van der Waals surface area contributed by atoms with Crippen LogP contribution in [0.1, 0.15) is 23.2 Å². The van der Waals surface area contributed by atoms with E-state index in [0.717, 1.165) is 12.1 Å². The molecule has 0 aromatic heterocycles. The fraction of sp³-hybridized carbons (Fsp3) is 0.300. The zero-order valence-corrected chi connectivity index (χ0v) is 9.50. The summed E-state index contributed by atoms with van der Waals surface area (Å²) in [6, 6.07) is 3.38. The molecule has 5 nitrogen and oxygen atoms in total. The molecule has 0 heterocycles. The highest BCUT2D eigenvalue weighted by Gasteiger charge is 2.36. The molecule has 1 aromatic carbocycles. The van der Waals surface area contributed by atoms with Crippen molar-refractivity contribution < 1.29 is 22.7 Å². The molecule has 1 aliphatic rings. The maximum Gasteiger partial charge on any atom is 0.337 e. The number of hydrogen-bond acceptors (Lipinski definition) is 3. The number of benzene rings is 1. The van der Waals surface area contributed by atoms with Crippen molar-refractivity contribution in [2.75, 3.05) is 4.72 Å². The highest BCUT2D eigenvalue weighted by Crippen LogP contribution is 2.31. The van der Waals surface area contributed by atoms with Gasteiger partial charge in [0.2, 0.25) is 10.0 Å². The Morgan fingerprint density at radius 1 is 1.41 bits per heavy atom. The van der Waals surface area contributed by atoms with Crippen LogP contribution in [0.5, 0.6) is 0 Å². The molecule has 2 rings (SSSR count). The largest absolute Gasteiger partial charge is 0.478 e. The summed E-state index contributed by atoms with van der Waals surface area (Å²) in [5, 5.41) is 8.30. The molecule has 0 radical (unpaired) electrons. The monoisotopic (exact) mass is 259 g/mol. The van der Waals surface area contributed by atoms with Gasteiger partial charge in [0.05, 0.1) is 16.5 Å². The average Bonchev–Trinajstić information content (AvgIpc) is 3.03. The second-order valence-electron chi connectivity index (χ2n) is 3.81. The second kappa shape index (κ2) is 3.99. The van der Waals surface area contributed by atoms with Crippen LogP contribution in [-0.2, 0) is 10.0 Å². The van der Waals surface area contributed by atoms with E-state index < -0.39 is 38.3 Å². The van der Waals surface area contributed by atoms with Crippen LogP contribution in [0.3, 0.4) is 0 Å². The van der Waals surface area contributed by atoms with Crippen LogP contribution in [0.25, 0.3) is 0 Å². The summed E-state index contributed by atoms with van der Waals surface area (Å²) in [7, 11) is -3.67. The highest BCUT2D eigenvalue weighted by molar-refractivity contribution is 7.93. The van der Waals surface area contributed by atoms with Gasteiger partial charge in [-0.05, 0) is 25.0 Å². The molecule has 17 heavy (non-hydrogen) atoms. The van der Waals surface area contributed by atoms with E-state index in [2.05, 4.69) is 0 Å². The van der Waals surface area contributed by atoms with E-state index >= 15 is 0 Å². The molecule has 0 spiro atoms. The quantitative estimate of drug-likeness (QED) is 0.856. The van der Waals surface area contributed by atoms with Crippen LogP contribution in [-0.4, -0.2) is 24.7 Å². The Labute approximate surface area is 97.3 Å². The highest BCUT2D eigenvalue weighted by atomic mass is 32.2. The van der Waals surface area contributed by atoms with E-state index in [1.165, 1.54) is 6.07 Å². The Kier molecular flexibility index (Phi) is 2.78. The average molecular weight is 259 g/mol. The van der Waals surface area contributed by atoms with E-state index in [9.17, 15) is 17.6 Å². The van der Waals surface area contributed by atoms with Crippen molar-refractivity contribution in [3.05, 3.63) is 29.6 Å². The lowest BCUT2D eigenvalue weighted by molar-refractivity contribution is 0.0697. The summed E-state index contributed by atoms with van der Waals surface area (Å²) < 4.78 is 38.7. The van der Waals surface area contributed by atoms with Crippen molar-refractivity contribution in [2.45, 2.75) is 18.1 Å². The van der Waals surface area contributed by atoms with E-state index in [4.69, 9.17) is 5.11 Å². The number of para-hydroxylation sites is 1. The number of carboxylic acid groups (broad SMARTS) is 1. The summed E-state index contributed by atoms with van der Waals surface area (Å²) in [6.45, 7) is 0. The number of carbonyl (C=O) groups is 1. The molecule has 0 unspecified atom stereocenters. The normalized spacial score (nSPS) is 15.6. The van der Waals surface area contributed by atoms with Crippen molar-refractivity contribution in [2.24, 2.45) is 0 Å². The van der Waals surface area contributed by atoms with E-state index in [1.54, 1.807) is 0 Å². The number of rotatable bonds is 4. The maximum absolute atomic E-state index is 13.4. The minimum absolute atomic E-state index is 0.394. The molecule has 92 valence electrons. The number of hydrogen-bond donors (Lipinski definition) is 2. The van der Waals surface area contributed by atoms with Crippen LogP contribution in [0.2, 0.25) is 0 Å². The molecule has 7 heteroatoms. The number of anilines is 1. The lowest BCUT2D eigenvalue weighted by Gasteiger charge is -2.10. The molecule has 1 fully saturated rings. The Morgan fingerprint density at radius 3 is 2.59 bits per heavy atom. The molecular formula is C10H10FNO4S. The third-order valence-corrected chi connectivity index (χ3v) is 4.29. The zero-order chi connectivity index (χ0) is 12.6. The fourth-order valence-electron chi connectivity index (χ4n) is 1.41. The molecule has 2 N–H and O–H groups in total. The van der Waals surface area contributed by atoms with Gasteiger partial charge in [0, 0.05) is 0 Å². The van der Waals surface area contributed by atoms with Crippen LogP contribution < -0.4 is 4.72 Å². The van der Waals surface area contributed by atoms with Crippen molar-refractivity contribution >= 4 is 21.7 Å². The predicted molar refractivity (Wildman–Crippen MR) is 58.9 cm³/mol. The minimum atomic E-state index is -3.67. The molecular weight excluding hydrogens is 249 g/mol. The van der Waals surface area contributed by atoms with Crippen molar-refractivity contribution in [1.82, 2.24) is 0 Å². The van der Waals surface area contributed by atoms with E-state index in [1.807, 2.05) is 4.72 Å². The summed E-state index contributed by atoms with van der Waals surface area (Å²) in [6.07, 6.45) is 1.04. The van der Waals surface area contributed by atoms with Crippen molar-refractivity contribution in [3.63, 3.8) is 0 Å². The van der Waals surface area contributed by atoms with Gasteiger partial charge in [0.15, 0.2) is 0 Å². The summed E-state index contributed by atoms with van der Waals surface area (Å²) in [4.78, 5) is 10.8. The first-order valence-electron chi connectivity index (χ1n) is 4.95. The smallest absolute Gasteiger partial charge is 0.337 e. The Hall–Kier alpha value is -1.63. The Morgan fingerprint density at radius 2 is 2.06 bits per heavy atom. The predicted octanol–water partition coefficient (Wildman–Crippen LogP) is 1.43. The van der Waals surface area contributed by atoms with Gasteiger partial charge in [-0.1, -0.05) is 6.07 Å². The number of aromatic carboxylic acids is 1. The SMILES string of the molecule is O=C(O)c1cccc(F)c1NS(=O)(=O)C1CC1. The van der Waals surface area contributed by atoms with Crippen LogP contribution in [0, 0.1) is 5.82 Å². The maximum atomic E-state index is 13.4. The van der Waals surface area contributed by atoms with Crippen LogP contribution >= 0.6 is 0 Å². The van der Waals surface area contributed by atoms with Gasteiger partial charge in [-0.15, -0.1) is 0 Å². The lowest BCUT2D eigenvalue weighted by Crippen LogP contribution is -2.20. The first-order chi connectivity index (χ1) is 7.92. The van der Waals surface area contributed by atoms with Gasteiger partial charge in [-0.25, -0.2) is 17.6 Å². The van der Waals surface area contributed by atoms with Gasteiger partial charge in [0.1, 0.15) is 5.82 Å². The first kappa shape index (κ1) is 11.8. The van der Waals surface area contributed by atoms with Gasteiger partial charge >= 0.3 is 5.97 Å². The van der Waals surface area contributed by atoms with E-state index in [0.29, 0.717) is 12.8 Å². The fourth-order valence-corrected chi connectivity index (χ4v) is 2.83. The molecule has 1 aliphatic carbocycles. The first-order valence-corrected chi connectivity index (χ1v) is 6.50. The molecule has 1 aromatic rings. The zero-order valence-electron chi connectivity index (χ0n) is 8.68. The van der Waals surface area contributed by atoms with Crippen LogP contribution in [0.15, 0.2) is 18.2 Å². The molecule has 0 saturated heterocycles. The summed E-state index contributed by atoms with van der Waals surface area (Å²) in [5.41, 5.74) is -0.888.